The topological polar surface area (TPSA) is 32.3 Å². The van der Waals surface area contributed by atoms with Crippen molar-refractivity contribution in [2.75, 3.05) is 19.6 Å². The van der Waals surface area contributed by atoms with E-state index in [1.54, 1.807) is 0 Å². The van der Waals surface area contributed by atoms with Crippen LogP contribution in [0.2, 0.25) is 0 Å². The van der Waals surface area contributed by atoms with E-state index in [0.717, 1.165) is 18.2 Å². The summed E-state index contributed by atoms with van der Waals surface area (Å²) in [7, 11) is 0. The van der Waals surface area contributed by atoms with Gasteiger partial charge in [-0.1, -0.05) is 38.8 Å². The fraction of sp³-hybridized carbons (Fsp3) is 0.682. The Hall–Kier alpha value is -1.00. The number of benzene rings is 1. The van der Waals surface area contributed by atoms with Crippen molar-refractivity contribution >= 4 is 17.7 Å². The molecule has 3 rings (SSSR count). The Morgan fingerprint density at radius 3 is 2.38 bits per heavy atom. The lowest BCUT2D eigenvalue weighted by Crippen LogP contribution is -2.42. The normalized spacial score (nSPS) is 20.0. The van der Waals surface area contributed by atoms with Crippen LogP contribution in [0.1, 0.15) is 57.9 Å². The lowest BCUT2D eigenvalue weighted by molar-refractivity contribution is -0.120. The first kappa shape index (κ1) is 19.8. The van der Waals surface area contributed by atoms with E-state index in [2.05, 4.69) is 48.3 Å². The number of hydrogen-bond donors (Lipinski definition) is 1. The first-order chi connectivity index (χ1) is 12.6. The van der Waals surface area contributed by atoms with Crippen molar-refractivity contribution in [1.82, 2.24) is 10.2 Å². The summed E-state index contributed by atoms with van der Waals surface area (Å²) in [6.07, 6.45) is 8.59. The van der Waals surface area contributed by atoms with Gasteiger partial charge in [-0.15, -0.1) is 11.8 Å². The van der Waals surface area contributed by atoms with E-state index >= 15 is 0 Å². The van der Waals surface area contributed by atoms with Crippen molar-refractivity contribution in [2.45, 2.75) is 75.0 Å². The summed E-state index contributed by atoms with van der Waals surface area (Å²) in [4.78, 5) is 16.2. The zero-order chi connectivity index (χ0) is 18.4. The number of carbonyl (C=O) groups is 1. The van der Waals surface area contributed by atoms with E-state index in [4.69, 9.17) is 0 Å². The van der Waals surface area contributed by atoms with Crippen molar-refractivity contribution in [3.05, 3.63) is 29.8 Å². The quantitative estimate of drug-likeness (QED) is 0.713. The number of nitrogens with zero attached hydrogens (tertiary/aromatic N) is 1. The van der Waals surface area contributed by atoms with Crippen molar-refractivity contribution in [2.24, 2.45) is 5.92 Å². The fourth-order valence-electron chi connectivity index (χ4n) is 4.26. The summed E-state index contributed by atoms with van der Waals surface area (Å²) in [6, 6.07) is 9.29. The van der Waals surface area contributed by atoms with E-state index in [0.29, 0.717) is 17.6 Å². The fourth-order valence-corrected chi connectivity index (χ4v) is 5.09. The molecule has 0 radical (unpaired) electrons. The van der Waals surface area contributed by atoms with Gasteiger partial charge in [-0.2, -0.15) is 0 Å². The van der Waals surface area contributed by atoms with Crippen LogP contribution >= 0.6 is 11.8 Å². The zero-order valence-electron chi connectivity index (χ0n) is 16.4. The van der Waals surface area contributed by atoms with Gasteiger partial charge in [0.1, 0.15) is 0 Å². The van der Waals surface area contributed by atoms with Crippen LogP contribution in [0, 0.1) is 5.92 Å². The van der Waals surface area contributed by atoms with Gasteiger partial charge in [0, 0.05) is 22.7 Å². The number of thioether (sulfide) groups is 1. The Balaban J connectivity index is 1.35. The van der Waals surface area contributed by atoms with Crippen molar-refractivity contribution < 1.29 is 4.79 Å². The molecule has 2 aliphatic rings. The molecule has 0 unspecified atom stereocenters. The molecule has 1 aliphatic carbocycles. The average Bonchev–Trinajstić information content (AvgIpc) is 3.16. The summed E-state index contributed by atoms with van der Waals surface area (Å²) in [5.74, 6) is 0.814. The maximum absolute atomic E-state index is 12.3. The van der Waals surface area contributed by atoms with E-state index in [1.807, 2.05) is 11.8 Å². The van der Waals surface area contributed by atoms with Crippen LogP contribution in [0.15, 0.2) is 29.2 Å². The minimum atomic E-state index is 0.160. The summed E-state index contributed by atoms with van der Waals surface area (Å²) in [6.45, 7) is 7.69. The first-order valence-corrected chi connectivity index (χ1v) is 11.2. The van der Waals surface area contributed by atoms with Gasteiger partial charge in [0.05, 0.1) is 6.42 Å². The van der Waals surface area contributed by atoms with Crippen LogP contribution in [-0.4, -0.2) is 41.7 Å². The minimum Gasteiger partial charge on any atom is -0.356 e. The van der Waals surface area contributed by atoms with E-state index in [-0.39, 0.29) is 5.91 Å². The number of rotatable bonds is 7. The van der Waals surface area contributed by atoms with E-state index in [9.17, 15) is 4.79 Å². The second-order valence-corrected chi connectivity index (χ2v) is 9.86. The second-order valence-electron chi connectivity index (χ2n) is 8.21. The first-order valence-electron chi connectivity index (χ1n) is 10.4. The molecule has 0 spiro atoms. The van der Waals surface area contributed by atoms with Crippen LogP contribution in [0.25, 0.3) is 0 Å². The molecule has 1 N–H and O–H groups in total. The van der Waals surface area contributed by atoms with Gasteiger partial charge in [0.25, 0.3) is 0 Å². The molecule has 1 aromatic rings. The van der Waals surface area contributed by atoms with Gasteiger partial charge in [-0.05, 0) is 62.4 Å². The zero-order valence-corrected chi connectivity index (χ0v) is 17.2. The number of piperidine rings is 1. The molecule has 1 aliphatic heterocycles. The molecule has 1 aromatic carbocycles. The highest BCUT2D eigenvalue weighted by molar-refractivity contribution is 7.99. The third-order valence-electron chi connectivity index (χ3n) is 5.74. The number of likely N-dealkylation sites (tertiary alicyclic amines) is 1. The van der Waals surface area contributed by atoms with Crippen LogP contribution in [0.3, 0.4) is 0 Å². The molecule has 1 heterocycles. The van der Waals surface area contributed by atoms with Crippen LogP contribution in [0.4, 0.5) is 0 Å². The Bertz CT molecular complexity index is 558. The molecular formula is C22H34N2OS. The van der Waals surface area contributed by atoms with E-state index < -0.39 is 0 Å². The summed E-state index contributed by atoms with van der Waals surface area (Å²) >= 11 is 1.86. The summed E-state index contributed by atoms with van der Waals surface area (Å²) in [5, 5.41) is 3.76. The lowest BCUT2D eigenvalue weighted by atomic mass is 9.95. The highest BCUT2D eigenvalue weighted by Gasteiger charge is 2.27. The number of carbonyl (C=O) groups excluding carboxylic acids is 1. The summed E-state index contributed by atoms with van der Waals surface area (Å²) in [5.41, 5.74) is 1.10. The van der Waals surface area contributed by atoms with Gasteiger partial charge in [-0.25, -0.2) is 0 Å². The van der Waals surface area contributed by atoms with E-state index in [1.165, 1.54) is 56.5 Å². The molecule has 0 bridgehead atoms. The largest absolute Gasteiger partial charge is 0.356 e. The molecule has 2 fully saturated rings. The van der Waals surface area contributed by atoms with Crippen LogP contribution in [-0.2, 0) is 11.2 Å². The second kappa shape index (κ2) is 9.80. The lowest BCUT2D eigenvalue weighted by Gasteiger charge is -2.36. The average molecular weight is 375 g/mol. The van der Waals surface area contributed by atoms with Crippen molar-refractivity contribution in [1.29, 1.82) is 0 Å². The SMILES string of the molecule is CC(C)Sc1ccc(CC(=O)NCC2CCN(C3CCCC3)CC2)cc1. The third-order valence-corrected chi connectivity index (χ3v) is 6.75. The molecule has 1 saturated carbocycles. The predicted molar refractivity (Wildman–Crippen MR) is 111 cm³/mol. The molecule has 0 aromatic heterocycles. The van der Waals surface area contributed by atoms with Gasteiger partial charge in [0.2, 0.25) is 5.91 Å². The maximum atomic E-state index is 12.3. The number of hydrogen-bond acceptors (Lipinski definition) is 3. The van der Waals surface area contributed by atoms with Gasteiger partial charge >= 0.3 is 0 Å². The third kappa shape index (κ3) is 6.02. The highest BCUT2D eigenvalue weighted by Crippen LogP contribution is 2.27. The summed E-state index contributed by atoms with van der Waals surface area (Å²) < 4.78 is 0. The van der Waals surface area contributed by atoms with Gasteiger partial charge in [0.15, 0.2) is 0 Å². The number of amides is 1. The predicted octanol–water partition coefficient (Wildman–Crippen LogP) is 4.50. The van der Waals surface area contributed by atoms with Crippen LogP contribution in [0.5, 0.6) is 0 Å². The Morgan fingerprint density at radius 2 is 1.77 bits per heavy atom. The standard InChI is InChI=1S/C22H34N2OS/c1-17(2)26-21-9-7-18(8-10-21)15-22(25)23-16-19-11-13-24(14-12-19)20-5-3-4-6-20/h7-10,17,19-20H,3-6,11-16H2,1-2H3,(H,23,25). The van der Waals surface area contributed by atoms with Crippen molar-refractivity contribution in [3.63, 3.8) is 0 Å². The monoisotopic (exact) mass is 374 g/mol. The molecule has 0 atom stereocenters. The van der Waals surface area contributed by atoms with Crippen LogP contribution < -0.4 is 5.32 Å². The molecule has 1 saturated heterocycles. The molecule has 4 heteroatoms. The number of nitrogens with one attached hydrogen (secondary N) is 1. The Morgan fingerprint density at radius 1 is 1.12 bits per heavy atom. The molecule has 26 heavy (non-hydrogen) atoms. The Kier molecular flexibility index (Phi) is 7.44. The Labute approximate surface area is 163 Å². The minimum absolute atomic E-state index is 0.160. The van der Waals surface area contributed by atoms with Gasteiger partial charge in [-0.3, -0.25) is 4.79 Å². The molecular weight excluding hydrogens is 340 g/mol. The highest BCUT2D eigenvalue weighted by atomic mass is 32.2. The molecule has 1 amide bonds. The maximum Gasteiger partial charge on any atom is 0.224 e. The van der Waals surface area contributed by atoms with Gasteiger partial charge < -0.3 is 10.2 Å². The molecule has 3 nitrogen and oxygen atoms in total. The smallest absolute Gasteiger partial charge is 0.224 e. The van der Waals surface area contributed by atoms with Crippen molar-refractivity contribution in [3.8, 4) is 0 Å². The molecule has 144 valence electrons.